The van der Waals surface area contributed by atoms with Gasteiger partial charge in [-0.1, -0.05) is 23.8 Å². The van der Waals surface area contributed by atoms with Crippen LogP contribution in [-0.4, -0.2) is 10.9 Å². The van der Waals surface area contributed by atoms with Crippen LogP contribution in [0.3, 0.4) is 0 Å². The number of rotatable bonds is 0. The summed E-state index contributed by atoms with van der Waals surface area (Å²) in [7, 11) is 0. The van der Waals surface area contributed by atoms with E-state index < -0.39 is 0 Å². The predicted molar refractivity (Wildman–Crippen MR) is 70.3 cm³/mol. The highest BCUT2D eigenvalue weighted by Crippen LogP contribution is 2.34. The topological polar surface area (TPSA) is 37.3 Å². The molecule has 0 heterocycles. The van der Waals surface area contributed by atoms with E-state index in [1.807, 2.05) is 26.0 Å². The first-order valence-electron chi connectivity index (χ1n) is 6.03. The highest BCUT2D eigenvalue weighted by atomic mass is 16.3. The van der Waals surface area contributed by atoms with Crippen LogP contribution in [0.5, 0.6) is 5.75 Å². The van der Waals surface area contributed by atoms with Gasteiger partial charge in [0.2, 0.25) is 0 Å². The zero-order chi connectivity index (χ0) is 12.9. The molecule has 90 valence electrons. The maximum absolute atomic E-state index is 12.5. The Morgan fingerprint density at radius 3 is 2.72 bits per heavy atom. The lowest BCUT2D eigenvalue weighted by Crippen LogP contribution is -2.16. The summed E-state index contributed by atoms with van der Waals surface area (Å²) in [5.74, 6) is 0.0264. The highest BCUT2D eigenvalue weighted by Gasteiger charge is 2.26. The standard InChI is InChI=1S/C16H14O2/c1-9-6-10(2)12-8-11-4-3-5-14(17)15(11)16(18)13(12)7-9/h3-7,17H,8H2,1-2H3. The van der Waals surface area contributed by atoms with E-state index in [0.29, 0.717) is 5.56 Å². The second-order valence-electron chi connectivity index (χ2n) is 4.93. The van der Waals surface area contributed by atoms with E-state index >= 15 is 0 Å². The van der Waals surface area contributed by atoms with Gasteiger partial charge >= 0.3 is 0 Å². The number of hydrogen-bond donors (Lipinski definition) is 1. The van der Waals surface area contributed by atoms with Crippen LogP contribution in [0.15, 0.2) is 30.3 Å². The zero-order valence-electron chi connectivity index (χ0n) is 10.4. The van der Waals surface area contributed by atoms with Crippen LogP contribution >= 0.6 is 0 Å². The zero-order valence-corrected chi connectivity index (χ0v) is 10.4. The molecule has 1 aliphatic carbocycles. The van der Waals surface area contributed by atoms with Crippen molar-refractivity contribution in [2.45, 2.75) is 20.3 Å². The first-order chi connectivity index (χ1) is 8.58. The van der Waals surface area contributed by atoms with E-state index in [1.165, 1.54) is 0 Å². The second kappa shape index (κ2) is 3.70. The largest absolute Gasteiger partial charge is 0.507 e. The van der Waals surface area contributed by atoms with Crippen molar-refractivity contribution in [3.63, 3.8) is 0 Å². The first kappa shape index (κ1) is 11.0. The van der Waals surface area contributed by atoms with E-state index in [2.05, 4.69) is 6.07 Å². The summed E-state index contributed by atoms with van der Waals surface area (Å²) in [5.41, 5.74) is 5.44. The summed E-state index contributed by atoms with van der Waals surface area (Å²) in [6, 6.07) is 9.29. The fourth-order valence-electron chi connectivity index (χ4n) is 2.76. The average molecular weight is 238 g/mol. The minimum atomic E-state index is -0.0591. The third-order valence-corrected chi connectivity index (χ3v) is 3.58. The predicted octanol–water partition coefficient (Wildman–Crippen LogP) is 3.14. The van der Waals surface area contributed by atoms with Crippen molar-refractivity contribution < 1.29 is 9.90 Å². The number of ketones is 1. The Balaban J connectivity index is 2.29. The molecule has 1 N–H and O–H groups in total. The van der Waals surface area contributed by atoms with E-state index in [1.54, 1.807) is 12.1 Å². The molecule has 3 rings (SSSR count). The van der Waals surface area contributed by atoms with Crippen molar-refractivity contribution in [3.8, 4) is 5.75 Å². The molecular weight excluding hydrogens is 224 g/mol. The molecule has 0 aliphatic heterocycles. The van der Waals surface area contributed by atoms with Crippen LogP contribution in [0.25, 0.3) is 0 Å². The molecule has 2 nitrogen and oxygen atoms in total. The Labute approximate surface area is 106 Å². The van der Waals surface area contributed by atoms with Gasteiger partial charge in [0.1, 0.15) is 5.75 Å². The van der Waals surface area contributed by atoms with Crippen molar-refractivity contribution in [2.24, 2.45) is 0 Å². The lowest BCUT2D eigenvalue weighted by molar-refractivity contribution is 0.103. The molecule has 2 heteroatoms. The third-order valence-electron chi connectivity index (χ3n) is 3.58. The summed E-state index contributed by atoms with van der Waals surface area (Å²) < 4.78 is 0. The monoisotopic (exact) mass is 238 g/mol. The van der Waals surface area contributed by atoms with E-state index in [4.69, 9.17) is 0 Å². The maximum atomic E-state index is 12.5. The quantitative estimate of drug-likeness (QED) is 0.653. The molecule has 0 bridgehead atoms. The summed E-state index contributed by atoms with van der Waals surface area (Å²) in [4.78, 5) is 12.5. The number of carbonyl (C=O) groups excluding carboxylic acids is 1. The fourth-order valence-corrected chi connectivity index (χ4v) is 2.76. The lowest BCUT2D eigenvalue weighted by atomic mass is 9.82. The Morgan fingerprint density at radius 1 is 1.17 bits per heavy atom. The molecule has 0 saturated heterocycles. The van der Waals surface area contributed by atoms with Gasteiger partial charge in [-0.3, -0.25) is 4.79 Å². The van der Waals surface area contributed by atoms with Gasteiger partial charge in [0.25, 0.3) is 0 Å². The van der Waals surface area contributed by atoms with Crippen LogP contribution < -0.4 is 0 Å². The molecule has 0 saturated carbocycles. The van der Waals surface area contributed by atoms with Crippen molar-refractivity contribution in [1.29, 1.82) is 0 Å². The Kier molecular flexibility index (Phi) is 2.27. The van der Waals surface area contributed by atoms with Crippen LogP contribution in [0.2, 0.25) is 0 Å². The van der Waals surface area contributed by atoms with E-state index in [9.17, 15) is 9.90 Å². The number of aromatic hydroxyl groups is 1. The van der Waals surface area contributed by atoms with Crippen molar-refractivity contribution in [2.75, 3.05) is 0 Å². The minimum absolute atomic E-state index is 0.0591. The summed E-state index contributed by atoms with van der Waals surface area (Å²) in [6.07, 6.45) is 0.719. The molecular formula is C16H14O2. The molecule has 18 heavy (non-hydrogen) atoms. The Bertz CT molecular complexity index is 669. The first-order valence-corrected chi connectivity index (χ1v) is 6.03. The molecule has 0 atom stereocenters. The van der Waals surface area contributed by atoms with Gasteiger partial charge in [0.05, 0.1) is 5.56 Å². The number of benzene rings is 2. The van der Waals surface area contributed by atoms with Crippen molar-refractivity contribution in [3.05, 3.63) is 63.7 Å². The molecule has 0 amide bonds. The lowest BCUT2D eigenvalue weighted by Gasteiger charge is -2.21. The van der Waals surface area contributed by atoms with Crippen LogP contribution in [-0.2, 0) is 6.42 Å². The molecule has 0 radical (unpaired) electrons. The second-order valence-corrected chi connectivity index (χ2v) is 4.93. The summed E-state index contributed by atoms with van der Waals surface area (Å²) >= 11 is 0. The number of hydrogen-bond acceptors (Lipinski definition) is 2. The maximum Gasteiger partial charge on any atom is 0.197 e. The molecule has 2 aromatic rings. The number of aryl methyl sites for hydroxylation is 2. The highest BCUT2D eigenvalue weighted by molar-refractivity contribution is 6.14. The van der Waals surface area contributed by atoms with E-state index in [-0.39, 0.29) is 11.5 Å². The van der Waals surface area contributed by atoms with Gasteiger partial charge in [-0.25, -0.2) is 0 Å². The van der Waals surface area contributed by atoms with Crippen LogP contribution in [0, 0.1) is 13.8 Å². The number of phenolic OH excluding ortho intramolecular Hbond substituents is 1. The average Bonchev–Trinajstić information content (AvgIpc) is 2.31. The number of carbonyl (C=O) groups is 1. The van der Waals surface area contributed by atoms with Gasteiger partial charge in [-0.2, -0.15) is 0 Å². The smallest absolute Gasteiger partial charge is 0.197 e. The van der Waals surface area contributed by atoms with Gasteiger partial charge in [0, 0.05) is 5.56 Å². The van der Waals surface area contributed by atoms with E-state index in [0.717, 1.165) is 34.2 Å². The summed E-state index contributed by atoms with van der Waals surface area (Å²) in [5, 5.41) is 9.87. The molecule has 0 unspecified atom stereocenters. The fraction of sp³-hybridized carbons (Fsp3) is 0.188. The van der Waals surface area contributed by atoms with Gasteiger partial charge in [-0.05, 0) is 49.1 Å². The minimum Gasteiger partial charge on any atom is -0.507 e. The third kappa shape index (κ3) is 1.46. The van der Waals surface area contributed by atoms with Crippen LogP contribution in [0.4, 0.5) is 0 Å². The molecule has 0 spiro atoms. The Morgan fingerprint density at radius 2 is 1.94 bits per heavy atom. The van der Waals surface area contributed by atoms with Gasteiger partial charge < -0.3 is 5.11 Å². The summed E-state index contributed by atoms with van der Waals surface area (Å²) in [6.45, 7) is 4.02. The number of phenols is 1. The normalized spacial score (nSPS) is 13.1. The molecule has 2 aromatic carbocycles. The van der Waals surface area contributed by atoms with Crippen molar-refractivity contribution in [1.82, 2.24) is 0 Å². The molecule has 1 aliphatic rings. The van der Waals surface area contributed by atoms with Crippen LogP contribution in [0.1, 0.15) is 38.2 Å². The SMILES string of the molecule is Cc1cc(C)c2c(c1)C(=O)c1c(O)cccc1C2. The molecule has 0 aromatic heterocycles. The Hall–Kier alpha value is -2.09. The number of fused-ring (bicyclic) bond motifs is 2. The van der Waals surface area contributed by atoms with Crippen molar-refractivity contribution >= 4 is 5.78 Å². The van der Waals surface area contributed by atoms with Gasteiger partial charge in [0.15, 0.2) is 5.78 Å². The van der Waals surface area contributed by atoms with Gasteiger partial charge in [-0.15, -0.1) is 0 Å². The molecule has 0 fully saturated rings.